The largest absolute Gasteiger partial charge is 0.341 e. The SMILES string of the molecule is Cc1ccc(-n2cnnn2)c(-c2ccc([C@H](Cc3ccc(F)cc3)c3nc4ccc(F)cc4[nH]3)[n+](O)c2)c1. The number of fused-ring (bicyclic) bond motifs is 1. The number of halogens is 2. The van der Waals surface area contributed by atoms with Crippen LogP contribution in [0, 0.1) is 18.6 Å². The molecule has 0 saturated carbocycles. The Morgan fingerprint density at radius 2 is 1.79 bits per heavy atom. The number of hydrogen-bond donors (Lipinski definition) is 2. The lowest BCUT2D eigenvalue weighted by atomic mass is 9.93. The molecule has 2 N–H and O–H groups in total. The van der Waals surface area contributed by atoms with Crippen LogP contribution in [-0.4, -0.2) is 35.4 Å². The number of hydrogen-bond acceptors (Lipinski definition) is 5. The lowest BCUT2D eigenvalue weighted by Crippen LogP contribution is -2.37. The molecule has 8 nitrogen and oxygen atoms in total. The molecule has 188 valence electrons. The third kappa shape index (κ3) is 4.47. The first-order valence-electron chi connectivity index (χ1n) is 11.9. The molecule has 3 aromatic heterocycles. The van der Waals surface area contributed by atoms with Gasteiger partial charge in [0.1, 0.15) is 29.7 Å². The first-order valence-corrected chi connectivity index (χ1v) is 11.9. The number of aromatic amines is 1. The van der Waals surface area contributed by atoms with E-state index in [0.717, 1.165) is 32.7 Å². The molecular weight excluding hydrogens is 488 g/mol. The summed E-state index contributed by atoms with van der Waals surface area (Å²) in [5, 5.41) is 22.7. The summed E-state index contributed by atoms with van der Waals surface area (Å²) in [6.07, 6.45) is 3.55. The summed E-state index contributed by atoms with van der Waals surface area (Å²) in [5.41, 5.74) is 5.94. The van der Waals surface area contributed by atoms with Crippen LogP contribution >= 0.6 is 0 Å². The van der Waals surface area contributed by atoms with Gasteiger partial charge < -0.3 is 4.98 Å². The van der Waals surface area contributed by atoms with E-state index < -0.39 is 5.92 Å². The second kappa shape index (κ2) is 9.47. The number of rotatable bonds is 6. The maximum absolute atomic E-state index is 13.8. The standard InChI is InChI=1S/C28H22F2N7O/c1-17-2-10-26(36-16-31-34-35-36)22(12-17)19-5-11-27(37(38)15-19)23(13-18-3-6-20(29)7-4-18)28-32-24-9-8-21(30)14-25(24)33-28/h2-12,14-16,23,38H,13H2,1H3,(H,32,33)/q+1/t23-/m0/s1. The molecule has 0 aliphatic heterocycles. The third-order valence-electron chi connectivity index (χ3n) is 6.52. The van der Waals surface area contributed by atoms with Crippen molar-refractivity contribution in [3.05, 3.63) is 120 Å². The van der Waals surface area contributed by atoms with Crippen LogP contribution in [0.5, 0.6) is 0 Å². The van der Waals surface area contributed by atoms with Crippen LogP contribution < -0.4 is 4.73 Å². The highest BCUT2D eigenvalue weighted by Crippen LogP contribution is 2.30. The zero-order chi connectivity index (χ0) is 26.2. The molecule has 0 radical (unpaired) electrons. The van der Waals surface area contributed by atoms with Gasteiger partial charge in [-0.05, 0) is 77.9 Å². The molecule has 0 bridgehead atoms. The van der Waals surface area contributed by atoms with E-state index in [-0.39, 0.29) is 11.6 Å². The Morgan fingerprint density at radius 1 is 0.974 bits per heavy atom. The summed E-state index contributed by atoms with van der Waals surface area (Å²) in [6, 6.07) is 20.1. The van der Waals surface area contributed by atoms with Crippen LogP contribution in [0.2, 0.25) is 0 Å². The number of tetrazole rings is 1. The molecule has 0 fully saturated rings. The Morgan fingerprint density at radius 3 is 2.55 bits per heavy atom. The lowest BCUT2D eigenvalue weighted by molar-refractivity contribution is -0.909. The average molecular weight is 511 g/mol. The van der Waals surface area contributed by atoms with Crippen molar-refractivity contribution < 1.29 is 18.7 Å². The molecule has 6 aromatic rings. The molecule has 0 amide bonds. The maximum Gasteiger partial charge on any atom is 0.245 e. The second-order valence-electron chi connectivity index (χ2n) is 9.13. The molecule has 3 heterocycles. The summed E-state index contributed by atoms with van der Waals surface area (Å²) >= 11 is 0. The topological polar surface area (TPSA) is 96.4 Å². The first-order chi connectivity index (χ1) is 18.4. The Labute approximate surface area is 215 Å². The molecule has 0 aliphatic rings. The molecule has 10 heteroatoms. The molecule has 0 aliphatic carbocycles. The smallest absolute Gasteiger partial charge is 0.245 e. The minimum atomic E-state index is -0.438. The van der Waals surface area contributed by atoms with Crippen molar-refractivity contribution >= 4 is 11.0 Å². The van der Waals surface area contributed by atoms with Crippen molar-refractivity contribution in [2.45, 2.75) is 19.3 Å². The highest BCUT2D eigenvalue weighted by Gasteiger charge is 2.29. The summed E-state index contributed by atoms with van der Waals surface area (Å²) in [6.45, 7) is 1.98. The van der Waals surface area contributed by atoms with Gasteiger partial charge in [0.25, 0.3) is 0 Å². The predicted molar refractivity (Wildman–Crippen MR) is 135 cm³/mol. The quantitative estimate of drug-likeness (QED) is 0.250. The van der Waals surface area contributed by atoms with E-state index in [4.69, 9.17) is 0 Å². The normalized spacial score (nSPS) is 12.2. The zero-order valence-corrected chi connectivity index (χ0v) is 20.3. The average Bonchev–Trinajstić information content (AvgIpc) is 3.59. The van der Waals surface area contributed by atoms with E-state index in [1.54, 1.807) is 29.1 Å². The van der Waals surface area contributed by atoms with E-state index in [2.05, 4.69) is 25.5 Å². The Kier molecular flexibility index (Phi) is 5.83. The molecule has 0 unspecified atom stereocenters. The molecule has 6 rings (SSSR count). The van der Waals surface area contributed by atoms with Crippen LogP contribution in [0.25, 0.3) is 27.8 Å². The molecule has 38 heavy (non-hydrogen) atoms. The Balaban J connectivity index is 1.45. The van der Waals surface area contributed by atoms with Crippen LogP contribution in [0.3, 0.4) is 0 Å². The van der Waals surface area contributed by atoms with Gasteiger partial charge in [0.05, 0.1) is 22.3 Å². The molecule has 1 atom stereocenters. The fraction of sp³-hybridized carbons (Fsp3) is 0.107. The molecule has 3 aromatic carbocycles. The summed E-state index contributed by atoms with van der Waals surface area (Å²) in [5.74, 6) is -0.592. The van der Waals surface area contributed by atoms with E-state index in [0.29, 0.717) is 29.0 Å². The highest BCUT2D eigenvalue weighted by atomic mass is 19.1. The summed E-state index contributed by atoms with van der Waals surface area (Å²) in [4.78, 5) is 7.88. The van der Waals surface area contributed by atoms with Gasteiger partial charge >= 0.3 is 0 Å². The number of pyridine rings is 1. The Bertz CT molecular complexity index is 1750. The van der Waals surface area contributed by atoms with Crippen molar-refractivity contribution in [3.63, 3.8) is 0 Å². The van der Waals surface area contributed by atoms with Gasteiger partial charge in [0.15, 0.2) is 0 Å². The number of benzene rings is 3. The van der Waals surface area contributed by atoms with Gasteiger partial charge in [0.2, 0.25) is 11.9 Å². The van der Waals surface area contributed by atoms with Crippen molar-refractivity contribution in [1.82, 2.24) is 30.2 Å². The first kappa shape index (κ1) is 23.4. The summed E-state index contributed by atoms with van der Waals surface area (Å²) < 4.78 is 30.1. The van der Waals surface area contributed by atoms with Crippen molar-refractivity contribution in [2.24, 2.45) is 0 Å². The number of nitrogens with one attached hydrogen (secondary N) is 1. The predicted octanol–water partition coefficient (Wildman–Crippen LogP) is 4.69. The number of H-pyrrole nitrogens is 1. The van der Waals surface area contributed by atoms with Gasteiger partial charge in [-0.25, -0.2) is 13.8 Å². The van der Waals surface area contributed by atoms with Gasteiger partial charge in [-0.2, -0.15) is 4.68 Å². The monoisotopic (exact) mass is 510 g/mol. The summed E-state index contributed by atoms with van der Waals surface area (Å²) in [7, 11) is 0. The van der Waals surface area contributed by atoms with E-state index in [1.165, 1.54) is 30.6 Å². The van der Waals surface area contributed by atoms with Crippen molar-refractivity contribution in [2.75, 3.05) is 0 Å². The fourth-order valence-electron chi connectivity index (χ4n) is 4.65. The van der Waals surface area contributed by atoms with Crippen molar-refractivity contribution in [3.8, 4) is 16.8 Å². The van der Waals surface area contributed by atoms with Crippen LogP contribution in [0.4, 0.5) is 8.78 Å². The van der Waals surface area contributed by atoms with Crippen LogP contribution in [0.15, 0.2) is 85.3 Å². The van der Waals surface area contributed by atoms with Crippen molar-refractivity contribution in [1.29, 1.82) is 0 Å². The number of nitrogens with zero attached hydrogens (tertiary/aromatic N) is 6. The van der Waals surface area contributed by atoms with Crippen LogP contribution in [0.1, 0.15) is 28.6 Å². The van der Waals surface area contributed by atoms with Crippen LogP contribution in [-0.2, 0) is 6.42 Å². The fourth-order valence-corrected chi connectivity index (χ4v) is 4.65. The number of aryl methyl sites for hydroxylation is 1. The molecule has 0 saturated heterocycles. The maximum atomic E-state index is 13.8. The van der Waals surface area contributed by atoms with E-state index >= 15 is 0 Å². The van der Waals surface area contributed by atoms with E-state index in [1.807, 2.05) is 37.3 Å². The van der Waals surface area contributed by atoms with Gasteiger partial charge in [-0.15, -0.1) is 5.10 Å². The minimum Gasteiger partial charge on any atom is -0.341 e. The van der Waals surface area contributed by atoms with E-state index in [9.17, 15) is 14.0 Å². The number of imidazole rings is 1. The molecule has 0 spiro atoms. The second-order valence-corrected chi connectivity index (χ2v) is 9.13. The van der Waals surface area contributed by atoms with Gasteiger partial charge in [-0.3, -0.25) is 5.21 Å². The van der Waals surface area contributed by atoms with Gasteiger partial charge in [-0.1, -0.05) is 23.8 Å². The van der Waals surface area contributed by atoms with Gasteiger partial charge in [0, 0.05) is 16.4 Å². The Hall–Kier alpha value is -4.99. The molecular formula is C28H22F2N7O+. The highest BCUT2D eigenvalue weighted by molar-refractivity contribution is 5.75. The third-order valence-corrected chi connectivity index (χ3v) is 6.52. The number of aromatic nitrogens is 7. The minimum absolute atomic E-state index is 0.331. The lowest BCUT2D eigenvalue weighted by Gasteiger charge is -2.13. The zero-order valence-electron chi connectivity index (χ0n) is 20.3.